The van der Waals surface area contributed by atoms with Gasteiger partial charge in [0.2, 0.25) is 5.91 Å². The number of nitrogens with zero attached hydrogens (tertiary/aromatic N) is 1. The SMILES string of the molecule is CN(C)C(=O)CCNCc1ccc(O)c(Br)c1. The van der Waals surface area contributed by atoms with E-state index in [4.69, 9.17) is 0 Å². The number of benzene rings is 1. The predicted molar refractivity (Wildman–Crippen MR) is 70.8 cm³/mol. The molecule has 94 valence electrons. The Morgan fingerprint density at radius 1 is 1.47 bits per heavy atom. The van der Waals surface area contributed by atoms with Crippen LogP contribution in [0.25, 0.3) is 0 Å². The lowest BCUT2D eigenvalue weighted by atomic mass is 10.2. The number of rotatable bonds is 5. The van der Waals surface area contributed by atoms with Crippen LogP contribution in [0, 0.1) is 0 Å². The van der Waals surface area contributed by atoms with Crippen LogP contribution in [-0.4, -0.2) is 36.6 Å². The van der Waals surface area contributed by atoms with Gasteiger partial charge in [-0.05, 0) is 33.6 Å². The zero-order chi connectivity index (χ0) is 12.8. The number of hydrogen-bond acceptors (Lipinski definition) is 3. The van der Waals surface area contributed by atoms with E-state index in [1.165, 1.54) is 0 Å². The van der Waals surface area contributed by atoms with Gasteiger partial charge in [-0.1, -0.05) is 6.07 Å². The van der Waals surface area contributed by atoms with Crippen molar-refractivity contribution in [3.05, 3.63) is 28.2 Å². The first-order valence-corrected chi connectivity index (χ1v) is 6.18. The summed E-state index contributed by atoms with van der Waals surface area (Å²) >= 11 is 3.26. The Morgan fingerprint density at radius 2 is 2.18 bits per heavy atom. The highest BCUT2D eigenvalue weighted by Gasteiger charge is 2.03. The van der Waals surface area contributed by atoms with Crippen molar-refractivity contribution in [2.75, 3.05) is 20.6 Å². The summed E-state index contributed by atoms with van der Waals surface area (Å²) in [5.74, 6) is 0.348. The topological polar surface area (TPSA) is 52.6 Å². The van der Waals surface area contributed by atoms with Crippen LogP contribution in [0.5, 0.6) is 5.75 Å². The van der Waals surface area contributed by atoms with Gasteiger partial charge >= 0.3 is 0 Å². The zero-order valence-corrected chi connectivity index (χ0v) is 11.6. The molecule has 0 saturated carbocycles. The maximum atomic E-state index is 11.3. The molecule has 1 aromatic rings. The standard InChI is InChI=1S/C12H17BrN2O2/c1-15(2)12(17)5-6-14-8-9-3-4-11(16)10(13)7-9/h3-4,7,14,16H,5-6,8H2,1-2H3. The molecule has 0 heterocycles. The first kappa shape index (κ1) is 14.0. The van der Waals surface area contributed by atoms with Crippen molar-refractivity contribution in [1.82, 2.24) is 10.2 Å². The number of carbonyl (C=O) groups is 1. The van der Waals surface area contributed by atoms with Gasteiger partial charge in [0.25, 0.3) is 0 Å². The molecule has 1 aromatic carbocycles. The van der Waals surface area contributed by atoms with Crippen molar-refractivity contribution in [3.63, 3.8) is 0 Å². The van der Waals surface area contributed by atoms with Crippen molar-refractivity contribution in [2.24, 2.45) is 0 Å². The molecule has 0 radical (unpaired) electrons. The minimum Gasteiger partial charge on any atom is -0.507 e. The molecule has 17 heavy (non-hydrogen) atoms. The van der Waals surface area contributed by atoms with Crippen LogP contribution in [0.15, 0.2) is 22.7 Å². The summed E-state index contributed by atoms with van der Waals surface area (Å²) in [6.45, 7) is 1.33. The van der Waals surface area contributed by atoms with E-state index in [0.29, 0.717) is 24.0 Å². The highest BCUT2D eigenvalue weighted by Crippen LogP contribution is 2.24. The number of carbonyl (C=O) groups excluding carboxylic acids is 1. The van der Waals surface area contributed by atoms with Gasteiger partial charge in [0.15, 0.2) is 0 Å². The summed E-state index contributed by atoms with van der Waals surface area (Å²) in [6.07, 6.45) is 0.492. The Hall–Kier alpha value is -1.07. The van der Waals surface area contributed by atoms with Crippen LogP contribution < -0.4 is 5.32 Å². The second-order valence-electron chi connectivity index (χ2n) is 4.00. The molecule has 5 heteroatoms. The molecule has 0 aliphatic carbocycles. The average molecular weight is 301 g/mol. The van der Waals surface area contributed by atoms with Gasteiger partial charge in [-0.3, -0.25) is 4.79 Å². The smallest absolute Gasteiger partial charge is 0.223 e. The third kappa shape index (κ3) is 4.75. The Balaban J connectivity index is 2.31. The van der Waals surface area contributed by atoms with E-state index in [1.807, 2.05) is 12.1 Å². The van der Waals surface area contributed by atoms with Crippen molar-refractivity contribution in [1.29, 1.82) is 0 Å². The molecule has 0 aliphatic rings. The molecule has 0 aromatic heterocycles. The number of aromatic hydroxyl groups is 1. The van der Waals surface area contributed by atoms with E-state index in [0.717, 1.165) is 5.56 Å². The van der Waals surface area contributed by atoms with Gasteiger partial charge in [-0.25, -0.2) is 0 Å². The van der Waals surface area contributed by atoms with Crippen molar-refractivity contribution in [3.8, 4) is 5.75 Å². The number of phenols is 1. The predicted octanol–water partition coefficient (Wildman–Crippen LogP) is 1.72. The fraction of sp³-hybridized carbons (Fsp3) is 0.417. The monoisotopic (exact) mass is 300 g/mol. The minimum absolute atomic E-state index is 0.115. The Morgan fingerprint density at radius 3 is 2.76 bits per heavy atom. The zero-order valence-electron chi connectivity index (χ0n) is 10.0. The number of halogens is 1. The second kappa shape index (κ2) is 6.61. The first-order valence-electron chi connectivity index (χ1n) is 5.39. The summed E-state index contributed by atoms with van der Waals surface area (Å²) in [5.41, 5.74) is 1.06. The third-order valence-corrected chi connectivity index (χ3v) is 2.99. The van der Waals surface area contributed by atoms with Gasteiger partial charge < -0.3 is 15.3 Å². The van der Waals surface area contributed by atoms with Crippen molar-refractivity contribution in [2.45, 2.75) is 13.0 Å². The fourth-order valence-electron chi connectivity index (χ4n) is 1.31. The van der Waals surface area contributed by atoms with E-state index in [1.54, 1.807) is 25.1 Å². The lowest BCUT2D eigenvalue weighted by Crippen LogP contribution is -2.26. The third-order valence-electron chi connectivity index (χ3n) is 2.36. The Kier molecular flexibility index (Phi) is 5.44. The highest BCUT2D eigenvalue weighted by molar-refractivity contribution is 9.10. The van der Waals surface area contributed by atoms with Crippen LogP contribution >= 0.6 is 15.9 Å². The summed E-state index contributed by atoms with van der Waals surface area (Å²) in [6, 6.07) is 5.35. The van der Waals surface area contributed by atoms with E-state index in [-0.39, 0.29) is 11.7 Å². The van der Waals surface area contributed by atoms with Crippen LogP contribution in [0.2, 0.25) is 0 Å². The fourth-order valence-corrected chi connectivity index (χ4v) is 1.74. The number of nitrogens with one attached hydrogen (secondary N) is 1. The lowest BCUT2D eigenvalue weighted by molar-refractivity contribution is -0.128. The molecule has 0 saturated heterocycles. The van der Waals surface area contributed by atoms with Gasteiger partial charge in [0.1, 0.15) is 5.75 Å². The van der Waals surface area contributed by atoms with Crippen LogP contribution in [-0.2, 0) is 11.3 Å². The normalized spacial score (nSPS) is 10.3. The molecule has 0 atom stereocenters. The summed E-state index contributed by atoms with van der Waals surface area (Å²) in [7, 11) is 3.50. The van der Waals surface area contributed by atoms with E-state index in [2.05, 4.69) is 21.2 Å². The molecule has 2 N–H and O–H groups in total. The second-order valence-corrected chi connectivity index (χ2v) is 4.86. The lowest BCUT2D eigenvalue weighted by Gasteiger charge is -2.10. The summed E-state index contributed by atoms with van der Waals surface area (Å²) in [5, 5.41) is 12.5. The highest BCUT2D eigenvalue weighted by atomic mass is 79.9. The molecule has 0 bridgehead atoms. The number of hydrogen-bond donors (Lipinski definition) is 2. The quantitative estimate of drug-likeness (QED) is 0.814. The molecule has 0 spiro atoms. The van der Waals surface area contributed by atoms with Gasteiger partial charge in [0.05, 0.1) is 4.47 Å². The Bertz CT molecular complexity index is 394. The first-order chi connectivity index (χ1) is 8.00. The molecular formula is C12H17BrN2O2. The van der Waals surface area contributed by atoms with Gasteiger partial charge in [-0.2, -0.15) is 0 Å². The molecule has 0 fully saturated rings. The van der Waals surface area contributed by atoms with Crippen LogP contribution in [0.1, 0.15) is 12.0 Å². The van der Waals surface area contributed by atoms with Crippen molar-refractivity contribution >= 4 is 21.8 Å². The molecular weight excluding hydrogens is 284 g/mol. The number of phenolic OH excluding ortho intramolecular Hbond substituents is 1. The molecule has 0 unspecified atom stereocenters. The largest absolute Gasteiger partial charge is 0.507 e. The maximum Gasteiger partial charge on any atom is 0.223 e. The molecule has 4 nitrogen and oxygen atoms in total. The van der Waals surface area contributed by atoms with E-state index < -0.39 is 0 Å². The van der Waals surface area contributed by atoms with Crippen molar-refractivity contribution < 1.29 is 9.90 Å². The minimum atomic E-state index is 0.115. The Labute approximate surface area is 110 Å². The average Bonchev–Trinajstić information content (AvgIpc) is 2.28. The number of amides is 1. The van der Waals surface area contributed by atoms with Gasteiger partial charge in [-0.15, -0.1) is 0 Å². The van der Waals surface area contributed by atoms with E-state index in [9.17, 15) is 9.90 Å². The molecule has 1 rings (SSSR count). The molecule has 1 amide bonds. The summed E-state index contributed by atoms with van der Waals surface area (Å²) < 4.78 is 0.682. The van der Waals surface area contributed by atoms with E-state index >= 15 is 0 Å². The molecule has 0 aliphatic heterocycles. The van der Waals surface area contributed by atoms with Crippen LogP contribution in [0.3, 0.4) is 0 Å². The van der Waals surface area contributed by atoms with Crippen LogP contribution in [0.4, 0.5) is 0 Å². The summed E-state index contributed by atoms with van der Waals surface area (Å²) in [4.78, 5) is 12.9. The van der Waals surface area contributed by atoms with Gasteiger partial charge in [0, 0.05) is 33.6 Å². The maximum absolute atomic E-state index is 11.3.